The lowest BCUT2D eigenvalue weighted by Crippen LogP contribution is -2.12. The number of rotatable bonds is 6. The first-order valence-electron chi connectivity index (χ1n) is 9.62. The van der Waals surface area contributed by atoms with E-state index >= 15 is 0 Å². The van der Waals surface area contributed by atoms with Crippen LogP contribution in [-0.4, -0.2) is 31.6 Å². The third kappa shape index (κ3) is 4.07. The van der Waals surface area contributed by atoms with Crippen LogP contribution in [0.25, 0.3) is 22.2 Å². The van der Waals surface area contributed by atoms with Crippen molar-refractivity contribution in [1.29, 1.82) is 0 Å². The second-order valence-corrected chi connectivity index (χ2v) is 7.13. The molecule has 0 spiro atoms. The van der Waals surface area contributed by atoms with Gasteiger partial charge in [0, 0.05) is 47.6 Å². The first-order chi connectivity index (χ1) is 14.2. The third-order valence-corrected chi connectivity index (χ3v) is 5.06. The smallest absolute Gasteiger partial charge is 0.129 e. The van der Waals surface area contributed by atoms with Gasteiger partial charge in [0.2, 0.25) is 0 Å². The van der Waals surface area contributed by atoms with Crippen molar-refractivity contribution >= 4 is 16.7 Å². The predicted octanol–water partition coefficient (Wildman–Crippen LogP) is 4.10. The Labute approximate surface area is 169 Å². The van der Waals surface area contributed by atoms with Crippen molar-refractivity contribution in [2.75, 3.05) is 11.9 Å². The van der Waals surface area contributed by atoms with Crippen molar-refractivity contribution in [2.45, 2.75) is 26.4 Å². The molecule has 1 atom stereocenters. The second-order valence-electron chi connectivity index (χ2n) is 7.13. The lowest BCUT2D eigenvalue weighted by atomic mass is 9.96. The minimum Gasteiger partial charge on any atom is -0.392 e. The maximum atomic E-state index is 9.59. The van der Waals surface area contributed by atoms with Crippen molar-refractivity contribution in [3.8, 4) is 11.3 Å². The fourth-order valence-corrected chi connectivity index (χ4v) is 3.39. The van der Waals surface area contributed by atoms with Crippen molar-refractivity contribution in [2.24, 2.45) is 0 Å². The number of nitrogens with zero attached hydrogens (tertiary/aromatic N) is 4. The molecule has 3 aromatic heterocycles. The van der Waals surface area contributed by atoms with Gasteiger partial charge >= 0.3 is 0 Å². The van der Waals surface area contributed by atoms with Gasteiger partial charge in [-0.2, -0.15) is 0 Å². The Bertz CT molecular complexity index is 1130. The molecular weight excluding hydrogens is 362 g/mol. The molecule has 0 bridgehead atoms. The summed E-state index contributed by atoms with van der Waals surface area (Å²) < 4.78 is 0. The topological polar surface area (TPSA) is 83.8 Å². The van der Waals surface area contributed by atoms with Crippen LogP contribution in [0, 0.1) is 6.92 Å². The molecule has 4 aromatic rings. The van der Waals surface area contributed by atoms with Crippen molar-refractivity contribution in [3.63, 3.8) is 0 Å². The van der Waals surface area contributed by atoms with Crippen molar-refractivity contribution in [3.05, 3.63) is 78.0 Å². The Morgan fingerprint density at radius 1 is 1.03 bits per heavy atom. The number of para-hydroxylation sites is 1. The lowest BCUT2D eigenvalue weighted by Gasteiger charge is -2.16. The summed E-state index contributed by atoms with van der Waals surface area (Å²) in [6.45, 7) is 4.82. The fraction of sp³-hybridized carbons (Fsp3) is 0.217. The van der Waals surface area contributed by atoms with E-state index in [4.69, 9.17) is 0 Å². The highest BCUT2D eigenvalue weighted by molar-refractivity contribution is 5.85. The maximum Gasteiger partial charge on any atom is 0.129 e. The number of nitrogens with one attached hydrogen (secondary N) is 1. The van der Waals surface area contributed by atoms with Gasteiger partial charge in [-0.05, 0) is 36.2 Å². The average molecular weight is 385 g/mol. The Morgan fingerprint density at radius 2 is 1.93 bits per heavy atom. The Hall–Kier alpha value is -3.38. The predicted molar refractivity (Wildman–Crippen MR) is 115 cm³/mol. The van der Waals surface area contributed by atoms with Crippen LogP contribution >= 0.6 is 0 Å². The summed E-state index contributed by atoms with van der Waals surface area (Å²) in [5.41, 5.74) is 5.74. The van der Waals surface area contributed by atoms with E-state index in [0.29, 0.717) is 6.54 Å². The van der Waals surface area contributed by atoms with Crippen LogP contribution in [0.4, 0.5) is 5.82 Å². The first kappa shape index (κ1) is 19.0. The Morgan fingerprint density at radius 3 is 2.72 bits per heavy atom. The molecule has 29 heavy (non-hydrogen) atoms. The summed E-state index contributed by atoms with van der Waals surface area (Å²) in [6.07, 6.45) is 5.14. The number of pyridine rings is 2. The molecule has 0 aliphatic carbocycles. The molecular formula is C23H23N5O. The summed E-state index contributed by atoms with van der Waals surface area (Å²) >= 11 is 0. The number of aliphatic hydroxyl groups is 1. The molecule has 0 aliphatic rings. The van der Waals surface area contributed by atoms with Gasteiger partial charge in [0.1, 0.15) is 12.1 Å². The highest BCUT2D eigenvalue weighted by Crippen LogP contribution is 2.27. The quantitative estimate of drug-likeness (QED) is 0.520. The maximum absolute atomic E-state index is 9.59. The standard InChI is InChI=1S/C23H23N5O/c1-15(19-4-3-5-20-18(13-29)8-9-24-23(19)20)11-26-22-10-21(27-14-28-22)17-7-6-16(2)25-12-17/h3-10,12,14-15,29H,11,13H2,1-2H3,(H,26,27,28). The van der Waals surface area contributed by atoms with E-state index in [9.17, 15) is 5.11 Å². The van der Waals surface area contributed by atoms with Crippen LogP contribution in [0.3, 0.4) is 0 Å². The molecule has 1 unspecified atom stereocenters. The van der Waals surface area contributed by atoms with Gasteiger partial charge < -0.3 is 10.4 Å². The van der Waals surface area contributed by atoms with E-state index in [1.165, 1.54) is 0 Å². The number of fused-ring (bicyclic) bond motifs is 1. The van der Waals surface area contributed by atoms with Crippen LogP contribution < -0.4 is 5.32 Å². The SMILES string of the molecule is Cc1ccc(-c2cc(NCC(C)c3cccc4c(CO)ccnc34)ncn2)cn1. The van der Waals surface area contributed by atoms with Crippen LogP contribution in [0.5, 0.6) is 0 Å². The van der Waals surface area contributed by atoms with Gasteiger partial charge in [0.05, 0.1) is 17.8 Å². The molecule has 0 saturated carbocycles. The molecule has 0 aliphatic heterocycles. The molecule has 2 N–H and O–H groups in total. The van der Waals surface area contributed by atoms with Crippen molar-refractivity contribution in [1.82, 2.24) is 19.9 Å². The van der Waals surface area contributed by atoms with Gasteiger partial charge in [-0.1, -0.05) is 25.1 Å². The molecule has 6 nitrogen and oxygen atoms in total. The van der Waals surface area contributed by atoms with Gasteiger partial charge in [-0.15, -0.1) is 0 Å². The van der Waals surface area contributed by atoms with E-state index in [2.05, 4.69) is 38.2 Å². The van der Waals surface area contributed by atoms with Crippen LogP contribution in [0.2, 0.25) is 0 Å². The summed E-state index contributed by atoms with van der Waals surface area (Å²) in [6, 6.07) is 13.9. The fourth-order valence-electron chi connectivity index (χ4n) is 3.39. The number of aromatic nitrogens is 4. The average Bonchev–Trinajstić information content (AvgIpc) is 2.77. The number of benzene rings is 1. The summed E-state index contributed by atoms with van der Waals surface area (Å²) in [7, 11) is 0. The summed E-state index contributed by atoms with van der Waals surface area (Å²) in [5.74, 6) is 0.978. The monoisotopic (exact) mass is 385 g/mol. The van der Waals surface area contributed by atoms with Crippen LogP contribution in [0.15, 0.2) is 61.2 Å². The number of anilines is 1. The Kier molecular flexibility index (Phi) is 5.44. The highest BCUT2D eigenvalue weighted by Gasteiger charge is 2.13. The molecule has 1 aromatic carbocycles. The number of aryl methyl sites for hydroxylation is 1. The second kappa shape index (κ2) is 8.32. The number of aliphatic hydroxyl groups excluding tert-OH is 1. The lowest BCUT2D eigenvalue weighted by molar-refractivity contribution is 0.283. The van der Waals surface area contributed by atoms with Gasteiger partial charge in [0.25, 0.3) is 0 Å². The molecule has 0 saturated heterocycles. The van der Waals surface area contributed by atoms with E-state index in [0.717, 1.165) is 44.8 Å². The van der Waals surface area contributed by atoms with Gasteiger partial charge in [0.15, 0.2) is 0 Å². The highest BCUT2D eigenvalue weighted by atomic mass is 16.3. The van der Waals surface area contributed by atoms with Crippen molar-refractivity contribution < 1.29 is 5.11 Å². The number of hydrogen-bond donors (Lipinski definition) is 2. The zero-order valence-corrected chi connectivity index (χ0v) is 16.5. The number of hydrogen-bond acceptors (Lipinski definition) is 6. The van der Waals surface area contributed by atoms with E-state index in [1.54, 1.807) is 12.5 Å². The minimum atomic E-state index is 0.00663. The zero-order chi connectivity index (χ0) is 20.2. The van der Waals surface area contributed by atoms with E-state index < -0.39 is 0 Å². The molecule has 4 rings (SSSR count). The molecule has 0 fully saturated rings. The molecule has 6 heteroatoms. The molecule has 0 amide bonds. The Balaban J connectivity index is 1.53. The summed E-state index contributed by atoms with van der Waals surface area (Å²) in [4.78, 5) is 17.6. The molecule has 0 radical (unpaired) electrons. The van der Waals surface area contributed by atoms with E-state index in [-0.39, 0.29) is 12.5 Å². The molecule has 146 valence electrons. The molecule has 3 heterocycles. The van der Waals surface area contributed by atoms with Gasteiger partial charge in [-0.3, -0.25) is 9.97 Å². The largest absolute Gasteiger partial charge is 0.392 e. The van der Waals surface area contributed by atoms with Crippen LogP contribution in [-0.2, 0) is 6.61 Å². The van der Waals surface area contributed by atoms with Gasteiger partial charge in [-0.25, -0.2) is 9.97 Å². The normalized spacial score (nSPS) is 12.1. The van der Waals surface area contributed by atoms with E-state index in [1.807, 2.05) is 49.5 Å². The first-order valence-corrected chi connectivity index (χ1v) is 9.62. The minimum absolute atomic E-state index is 0.00663. The zero-order valence-electron chi connectivity index (χ0n) is 16.5. The van der Waals surface area contributed by atoms with Crippen LogP contribution in [0.1, 0.15) is 29.7 Å². The third-order valence-electron chi connectivity index (χ3n) is 5.06. The summed E-state index contributed by atoms with van der Waals surface area (Å²) in [5, 5.41) is 14.0.